The molecule has 0 radical (unpaired) electrons. The molecule has 0 saturated heterocycles. The molecule has 78 valence electrons. The second kappa shape index (κ2) is 5.23. The molecular formula is C11H16ClNO. The summed E-state index contributed by atoms with van der Waals surface area (Å²) in [7, 11) is 0. The molecule has 0 amide bonds. The minimum Gasteiger partial charge on any atom is -0.507 e. The maximum absolute atomic E-state index is 9.76. The summed E-state index contributed by atoms with van der Waals surface area (Å²) in [5.74, 6) is 0.865. The molecule has 0 unspecified atom stereocenters. The lowest BCUT2D eigenvalue weighted by Crippen LogP contribution is -2.01. The van der Waals surface area contributed by atoms with E-state index in [1.807, 2.05) is 19.1 Å². The first-order valence-electron chi connectivity index (χ1n) is 4.76. The number of alkyl halides is 1. The summed E-state index contributed by atoms with van der Waals surface area (Å²) >= 11 is 5.75. The quantitative estimate of drug-likeness (QED) is 0.755. The van der Waals surface area contributed by atoms with Crippen LogP contribution in [0.5, 0.6) is 5.75 Å². The molecule has 0 aromatic heterocycles. The van der Waals surface area contributed by atoms with E-state index in [-0.39, 0.29) is 0 Å². The Morgan fingerprint density at radius 3 is 2.71 bits per heavy atom. The second-order valence-corrected chi connectivity index (χ2v) is 3.71. The number of aryl methyl sites for hydroxylation is 2. The lowest BCUT2D eigenvalue weighted by molar-refractivity contribution is 0.463. The molecular weight excluding hydrogens is 198 g/mol. The van der Waals surface area contributed by atoms with Gasteiger partial charge in [0.2, 0.25) is 0 Å². The minimum absolute atomic E-state index is 0.382. The molecule has 0 aliphatic heterocycles. The number of phenols is 1. The summed E-state index contributed by atoms with van der Waals surface area (Å²) in [6, 6.07) is 3.86. The molecule has 0 aliphatic rings. The average Bonchev–Trinajstić information content (AvgIpc) is 2.20. The first-order valence-corrected chi connectivity index (χ1v) is 5.30. The molecule has 0 bridgehead atoms. The van der Waals surface area contributed by atoms with E-state index in [0.717, 1.165) is 29.5 Å². The summed E-state index contributed by atoms with van der Waals surface area (Å²) in [6.07, 6.45) is 1.70. The van der Waals surface area contributed by atoms with Gasteiger partial charge in [-0.25, -0.2) is 0 Å². The smallest absolute Gasteiger partial charge is 0.121 e. The number of aromatic hydroxyl groups is 1. The number of nitrogens with two attached hydrogens (primary N) is 1. The predicted octanol–water partition coefficient (Wildman–Crippen LogP) is 2.33. The largest absolute Gasteiger partial charge is 0.507 e. The average molecular weight is 214 g/mol. The Bertz CT molecular complexity index is 312. The van der Waals surface area contributed by atoms with Gasteiger partial charge in [0.1, 0.15) is 5.75 Å². The van der Waals surface area contributed by atoms with E-state index in [1.165, 1.54) is 0 Å². The molecule has 2 nitrogen and oxygen atoms in total. The highest BCUT2D eigenvalue weighted by molar-refractivity contribution is 6.17. The third-order valence-corrected chi connectivity index (χ3v) is 2.55. The van der Waals surface area contributed by atoms with Gasteiger partial charge in [-0.05, 0) is 43.0 Å². The maximum Gasteiger partial charge on any atom is 0.121 e. The van der Waals surface area contributed by atoms with Gasteiger partial charge < -0.3 is 10.8 Å². The first kappa shape index (κ1) is 11.3. The van der Waals surface area contributed by atoms with Gasteiger partial charge in [-0.1, -0.05) is 12.1 Å². The van der Waals surface area contributed by atoms with Crippen molar-refractivity contribution in [2.45, 2.75) is 25.6 Å². The Morgan fingerprint density at radius 1 is 1.43 bits per heavy atom. The topological polar surface area (TPSA) is 46.2 Å². The van der Waals surface area contributed by atoms with Gasteiger partial charge >= 0.3 is 0 Å². The van der Waals surface area contributed by atoms with Crippen LogP contribution in [0.3, 0.4) is 0 Å². The van der Waals surface area contributed by atoms with Crippen molar-refractivity contribution >= 4 is 11.6 Å². The fourth-order valence-electron chi connectivity index (χ4n) is 1.49. The molecule has 3 N–H and O–H groups in total. The van der Waals surface area contributed by atoms with E-state index >= 15 is 0 Å². The minimum atomic E-state index is 0.382. The molecule has 0 saturated carbocycles. The Balaban J connectivity index is 2.95. The normalized spacial score (nSPS) is 10.5. The second-order valence-electron chi connectivity index (χ2n) is 3.45. The molecule has 1 aromatic carbocycles. The van der Waals surface area contributed by atoms with Crippen molar-refractivity contribution in [1.29, 1.82) is 0 Å². The number of phenolic OH excluding ortho intramolecular Hbond substituents is 1. The zero-order valence-electron chi connectivity index (χ0n) is 8.39. The van der Waals surface area contributed by atoms with Gasteiger partial charge in [-0.15, -0.1) is 11.6 Å². The summed E-state index contributed by atoms with van der Waals surface area (Å²) in [5, 5.41) is 9.76. The van der Waals surface area contributed by atoms with E-state index in [2.05, 4.69) is 0 Å². The number of hydrogen-bond acceptors (Lipinski definition) is 2. The van der Waals surface area contributed by atoms with E-state index in [4.69, 9.17) is 17.3 Å². The third-order valence-electron chi connectivity index (χ3n) is 2.24. The monoisotopic (exact) mass is 213 g/mol. The number of rotatable bonds is 4. The molecule has 0 spiro atoms. The standard InChI is InChI=1S/C11H16ClNO/c1-8-5-9(7-12)6-10(11(8)14)3-2-4-13/h5-6,14H,2-4,7,13H2,1H3. The van der Waals surface area contributed by atoms with Gasteiger partial charge in [-0.3, -0.25) is 0 Å². The Morgan fingerprint density at radius 2 is 2.14 bits per heavy atom. The van der Waals surface area contributed by atoms with Gasteiger partial charge in [-0.2, -0.15) is 0 Å². The van der Waals surface area contributed by atoms with Crippen LogP contribution in [0, 0.1) is 6.92 Å². The van der Waals surface area contributed by atoms with Crippen molar-refractivity contribution < 1.29 is 5.11 Å². The van der Waals surface area contributed by atoms with Crippen molar-refractivity contribution in [3.8, 4) is 5.75 Å². The van der Waals surface area contributed by atoms with Crippen LogP contribution in [0.25, 0.3) is 0 Å². The van der Waals surface area contributed by atoms with Crippen LogP contribution in [0.4, 0.5) is 0 Å². The molecule has 0 aliphatic carbocycles. The van der Waals surface area contributed by atoms with Crippen LogP contribution in [0.2, 0.25) is 0 Å². The first-order chi connectivity index (χ1) is 6.69. The molecule has 14 heavy (non-hydrogen) atoms. The molecule has 1 aromatic rings. The summed E-state index contributed by atoms with van der Waals surface area (Å²) in [5.41, 5.74) is 8.31. The Kier molecular flexibility index (Phi) is 4.23. The number of benzene rings is 1. The lowest BCUT2D eigenvalue weighted by Gasteiger charge is -2.08. The van der Waals surface area contributed by atoms with E-state index < -0.39 is 0 Å². The highest BCUT2D eigenvalue weighted by Crippen LogP contribution is 2.25. The highest BCUT2D eigenvalue weighted by Gasteiger charge is 2.06. The van der Waals surface area contributed by atoms with Crippen LogP contribution in [-0.2, 0) is 12.3 Å². The fourth-order valence-corrected chi connectivity index (χ4v) is 1.65. The summed E-state index contributed by atoms with van der Waals surface area (Å²) in [6.45, 7) is 2.53. The van der Waals surface area contributed by atoms with Gasteiger partial charge in [0.15, 0.2) is 0 Å². The molecule has 0 atom stereocenters. The lowest BCUT2D eigenvalue weighted by atomic mass is 10.0. The van der Waals surface area contributed by atoms with Crippen LogP contribution in [-0.4, -0.2) is 11.7 Å². The number of halogens is 1. The zero-order chi connectivity index (χ0) is 10.6. The summed E-state index contributed by atoms with van der Waals surface area (Å²) < 4.78 is 0. The highest BCUT2D eigenvalue weighted by atomic mass is 35.5. The van der Waals surface area contributed by atoms with Gasteiger partial charge in [0.25, 0.3) is 0 Å². The van der Waals surface area contributed by atoms with Gasteiger partial charge in [0, 0.05) is 5.88 Å². The zero-order valence-corrected chi connectivity index (χ0v) is 9.14. The summed E-state index contributed by atoms with van der Waals surface area (Å²) in [4.78, 5) is 0. The van der Waals surface area contributed by atoms with Crippen molar-refractivity contribution in [3.63, 3.8) is 0 Å². The SMILES string of the molecule is Cc1cc(CCl)cc(CCCN)c1O. The Labute approximate surface area is 89.7 Å². The van der Waals surface area contributed by atoms with Crippen molar-refractivity contribution in [1.82, 2.24) is 0 Å². The maximum atomic E-state index is 9.76. The number of hydrogen-bond donors (Lipinski definition) is 2. The Hall–Kier alpha value is -0.730. The van der Waals surface area contributed by atoms with E-state index in [0.29, 0.717) is 18.2 Å². The molecule has 0 fully saturated rings. The van der Waals surface area contributed by atoms with Crippen LogP contribution < -0.4 is 5.73 Å². The van der Waals surface area contributed by atoms with Crippen molar-refractivity contribution in [2.24, 2.45) is 5.73 Å². The third kappa shape index (κ3) is 2.63. The van der Waals surface area contributed by atoms with Crippen LogP contribution >= 0.6 is 11.6 Å². The van der Waals surface area contributed by atoms with Gasteiger partial charge in [0.05, 0.1) is 0 Å². The van der Waals surface area contributed by atoms with Crippen LogP contribution in [0.15, 0.2) is 12.1 Å². The fraction of sp³-hybridized carbons (Fsp3) is 0.455. The molecule has 0 heterocycles. The predicted molar refractivity (Wildman–Crippen MR) is 59.8 cm³/mol. The molecule has 1 rings (SSSR count). The van der Waals surface area contributed by atoms with E-state index in [9.17, 15) is 5.11 Å². The van der Waals surface area contributed by atoms with Crippen molar-refractivity contribution in [3.05, 3.63) is 28.8 Å². The van der Waals surface area contributed by atoms with Crippen LogP contribution in [0.1, 0.15) is 23.1 Å². The molecule has 3 heteroatoms. The van der Waals surface area contributed by atoms with Crippen molar-refractivity contribution in [2.75, 3.05) is 6.54 Å². The van der Waals surface area contributed by atoms with E-state index in [1.54, 1.807) is 0 Å².